The average molecular weight is 429 g/mol. The van der Waals surface area contributed by atoms with Gasteiger partial charge in [0, 0.05) is 11.4 Å². The number of aryl methyl sites for hydroxylation is 1. The molecule has 0 atom stereocenters. The monoisotopic (exact) mass is 428 g/mol. The van der Waals surface area contributed by atoms with Crippen molar-refractivity contribution in [3.63, 3.8) is 0 Å². The van der Waals surface area contributed by atoms with E-state index in [1.807, 2.05) is 61.5 Å². The number of hydrogen-bond donors (Lipinski definition) is 2. The number of benzene rings is 3. The van der Waals surface area contributed by atoms with E-state index < -0.39 is 5.54 Å². The number of nitrogens with zero attached hydrogens (tertiary/aromatic N) is 1. The first-order valence-corrected chi connectivity index (χ1v) is 11.1. The van der Waals surface area contributed by atoms with E-state index in [4.69, 9.17) is 0 Å². The molecule has 2 amide bonds. The lowest BCUT2D eigenvalue weighted by Gasteiger charge is -2.45. The van der Waals surface area contributed by atoms with Crippen LogP contribution in [0.2, 0.25) is 0 Å². The summed E-state index contributed by atoms with van der Waals surface area (Å²) in [6.45, 7) is 1.98. The molecule has 32 heavy (non-hydrogen) atoms. The zero-order valence-electron chi connectivity index (χ0n) is 18.3. The fourth-order valence-corrected chi connectivity index (χ4v) is 4.49. The molecule has 1 fully saturated rings. The summed E-state index contributed by atoms with van der Waals surface area (Å²) >= 11 is 0. The molecule has 1 aliphatic rings. The summed E-state index contributed by atoms with van der Waals surface area (Å²) in [5.74, 6) is -0.672. The van der Waals surface area contributed by atoms with Crippen LogP contribution in [-0.2, 0) is 4.79 Å². The van der Waals surface area contributed by atoms with Crippen molar-refractivity contribution in [2.45, 2.75) is 44.6 Å². The third-order valence-electron chi connectivity index (χ3n) is 6.19. The van der Waals surface area contributed by atoms with E-state index in [-0.39, 0.29) is 23.1 Å². The Balaban J connectivity index is 1.83. The van der Waals surface area contributed by atoms with Gasteiger partial charge in [0.1, 0.15) is 11.3 Å². The molecule has 0 saturated heterocycles. The van der Waals surface area contributed by atoms with E-state index >= 15 is 0 Å². The number of para-hydroxylation sites is 2. The van der Waals surface area contributed by atoms with Crippen molar-refractivity contribution in [1.29, 1.82) is 0 Å². The molecule has 0 bridgehead atoms. The second-order valence-corrected chi connectivity index (χ2v) is 8.41. The molecule has 0 heterocycles. The molecule has 164 valence electrons. The molecular weight excluding hydrogens is 400 g/mol. The quantitative estimate of drug-likeness (QED) is 0.549. The molecule has 5 nitrogen and oxygen atoms in total. The van der Waals surface area contributed by atoms with Crippen LogP contribution < -0.4 is 10.2 Å². The molecule has 1 saturated carbocycles. The lowest BCUT2D eigenvalue weighted by Crippen LogP contribution is -2.60. The number of amides is 2. The van der Waals surface area contributed by atoms with Gasteiger partial charge in [-0.15, -0.1) is 0 Å². The standard InChI is InChI=1S/C27H28N2O3/c1-20-14-16-22(17-15-20)29(25(31)23-12-6-7-13-24(23)30)27(18-8-3-9-19-27)26(32)28-21-10-4-2-5-11-21/h2,4-7,10-17,30H,3,8-9,18-19H2,1H3,(H,28,32). The minimum atomic E-state index is -1.05. The van der Waals surface area contributed by atoms with E-state index in [0.717, 1.165) is 24.8 Å². The Morgan fingerprint density at radius 2 is 1.47 bits per heavy atom. The number of anilines is 2. The minimum absolute atomic E-state index is 0.0935. The predicted molar refractivity (Wildman–Crippen MR) is 127 cm³/mol. The summed E-state index contributed by atoms with van der Waals surface area (Å²) in [5, 5.41) is 13.5. The van der Waals surface area contributed by atoms with Crippen LogP contribution in [0.15, 0.2) is 78.9 Å². The highest BCUT2D eigenvalue weighted by Gasteiger charge is 2.48. The number of rotatable bonds is 5. The average Bonchev–Trinajstić information content (AvgIpc) is 2.82. The number of phenolic OH excluding ortho intramolecular Hbond substituents is 1. The molecule has 5 heteroatoms. The van der Waals surface area contributed by atoms with Crippen molar-refractivity contribution >= 4 is 23.2 Å². The first kappa shape index (κ1) is 21.6. The lowest BCUT2D eigenvalue weighted by atomic mass is 9.78. The fourth-order valence-electron chi connectivity index (χ4n) is 4.49. The normalized spacial score (nSPS) is 15.0. The summed E-state index contributed by atoms with van der Waals surface area (Å²) in [6, 6.07) is 23.4. The van der Waals surface area contributed by atoms with Crippen molar-refractivity contribution in [2.24, 2.45) is 0 Å². The third kappa shape index (κ3) is 4.24. The predicted octanol–water partition coefficient (Wildman–Crippen LogP) is 5.69. The first-order chi connectivity index (χ1) is 15.5. The molecule has 3 aromatic rings. The zero-order valence-corrected chi connectivity index (χ0v) is 18.3. The van der Waals surface area contributed by atoms with Gasteiger partial charge in [-0.2, -0.15) is 0 Å². The second-order valence-electron chi connectivity index (χ2n) is 8.41. The summed E-state index contributed by atoms with van der Waals surface area (Å²) in [7, 11) is 0. The van der Waals surface area contributed by atoms with Crippen LogP contribution in [0.3, 0.4) is 0 Å². The van der Waals surface area contributed by atoms with E-state index in [2.05, 4.69) is 5.32 Å². The maximum atomic E-state index is 13.9. The van der Waals surface area contributed by atoms with Gasteiger partial charge in [0.2, 0.25) is 0 Å². The Morgan fingerprint density at radius 1 is 0.844 bits per heavy atom. The highest BCUT2D eigenvalue weighted by Crippen LogP contribution is 2.40. The van der Waals surface area contributed by atoms with E-state index in [1.54, 1.807) is 23.1 Å². The van der Waals surface area contributed by atoms with Crippen LogP contribution in [0.25, 0.3) is 0 Å². The van der Waals surface area contributed by atoms with Crippen molar-refractivity contribution in [1.82, 2.24) is 0 Å². The molecule has 0 spiro atoms. The second kappa shape index (κ2) is 9.27. The molecule has 0 aromatic heterocycles. The van der Waals surface area contributed by atoms with Crippen LogP contribution >= 0.6 is 0 Å². The maximum absolute atomic E-state index is 13.9. The minimum Gasteiger partial charge on any atom is -0.507 e. The Hall–Kier alpha value is -3.60. The Morgan fingerprint density at radius 3 is 2.12 bits per heavy atom. The molecule has 3 aromatic carbocycles. The van der Waals surface area contributed by atoms with E-state index in [9.17, 15) is 14.7 Å². The van der Waals surface area contributed by atoms with Crippen LogP contribution in [0.5, 0.6) is 5.75 Å². The van der Waals surface area contributed by atoms with Gasteiger partial charge in [-0.3, -0.25) is 14.5 Å². The molecule has 4 rings (SSSR count). The zero-order chi connectivity index (χ0) is 22.6. The number of carbonyl (C=O) groups is 2. The number of nitrogens with one attached hydrogen (secondary N) is 1. The maximum Gasteiger partial charge on any atom is 0.262 e. The van der Waals surface area contributed by atoms with Crippen LogP contribution in [0, 0.1) is 6.92 Å². The van der Waals surface area contributed by atoms with Gasteiger partial charge in [0.25, 0.3) is 11.8 Å². The Bertz CT molecular complexity index is 1090. The Kier molecular flexibility index (Phi) is 6.26. The summed E-state index contributed by atoms with van der Waals surface area (Å²) in [4.78, 5) is 29.3. The number of hydrogen-bond acceptors (Lipinski definition) is 3. The molecule has 2 N–H and O–H groups in total. The molecule has 0 radical (unpaired) electrons. The number of carbonyl (C=O) groups excluding carboxylic acids is 2. The topological polar surface area (TPSA) is 69.6 Å². The van der Waals surface area contributed by atoms with Gasteiger partial charge >= 0.3 is 0 Å². The van der Waals surface area contributed by atoms with Crippen LogP contribution in [0.4, 0.5) is 11.4 Å². The summed E-state index contributed by atoms with van der Waals surface area (Å²) in [5.41, 5.74) is 1.54. The lowest BCUT2D eigenvalue weighted by molar-refractivity contribution is -0.122. The van der Waals surface area contributed by atoms with Crippen molar-refractivity contribution < 1.29 is 14.7 Å². The first-order valence-electron chi connectivity index (χ1n) is 11.1. The summed E-state index contributed by atoms with van der Waals surface area (Å²) < 4.78 is 0. The van der Waals surface area contributed by atoms with Crippen LogP contribution in [0.1, 0.15) is 48.0 Å². The molecule has 0 unspecified atom stereocenters. The number of aromatic hydroxyl groups is 1. The highest BCUT2D eigenvalue weighted by atomic mass is 16.3. The SMILES string of the molecule is Cc1ccc(N(C(=O)c2ccccc2O)C2(C(=O)Nc3ccccc3)CCCCC2)cc1. The number of phenols is 1. The largest absolute Gasteiger partial charge is 0.507 e. The van der Waals surface area contributed by atoms with Gasteiger partial charge < -0.3 is 10.4 Å². The van der Waals surface area contributed by atoms with Gasteiger partial charge in [-0.25, -0.2) is 0 Å². The van der Waals surface area contributed by atoms with Crippen LogP contribution in [-0.4, -0.2) is 22.5 Å². The van der Waals surface area contributed by atoms with Crippen molar-refractivity contribution in [3.8, 4) is 5.75 Å². The van der Waals surface area contributed by atoms with Crippen molar-refractivity contribution in [2.75, 3.05) is 10.2 Å². The van der Waals surface area contributed by atoms with E-state index in [0.29, 0.717) is 24.2 Å². The van der Waals surface area contributed by atoms with Gasteiger partial charge in [0.15, 0.2) is 0 Å². The summed E-state index contributed by atoms with van der Waals surface area (Å²) in [6.07, 6.45) is 3.82. The smallest absolute Gasteiger partial charge is 0.262 e. The molecular formula is C27H28N2O3. The van der Waals surface area contributed by atoms with Gasteiger partial charge in [-0.05, 0) is 56.2 Å². The van der Waals surface area contributed by atoms with Gasteiger partial charge in [-0.1, -0.05) is 67.3 Å². The third-order valence-corrected chi connectivity index (χ3v) is 6.19. The Labute approximate surface area is 188 Å². The highest BCUT2D eigenvalue weighted by molar-refractivity contribution is 6.14. The van der Waals surface area contributed by atoms with Gasteiger partial charge in [0.05, 0.1) is 5.56 Å². The van der Waals surface area contributed by atoms with Crippen molar-refractivity contribution in [3.05, 3.63) is 90.0 Å². The fraction of sp³-hybridized carbons (Fsp3) is 0.259. The van der Waals surface area contributed by atoms with E-state index in [1.165, 1.54) is 6.07 Å². The molecule has 0 aliphatic heterocycles. The molecule has 1 aliphatic carbocycles.